The number of carbonyl (C=O) groups is 1. The zero-order chi connectivity index (χ0) is 12.1. The second-order valence-electron chi connectivity index (χ2n) is 7.47. The predicted molar refractivity (Wildman–Crippen MR) is 72.1 cm³/mol. The summed E-state index contributed by atoms with van der Waals surface area (Å²) in [5.74, 6) is 5.98. The molecule has 4 saturated carbocycles. The van der Waals surface area contributed by atoms with E-state index in [1.54, 1.807) is 0 Å². The quantitative estimate of drug-likeness (QED) is 0.626. The third kappa shape index (κ3) is 1.62. The summed E-state index contributed by atoms with van der Waals surface area (Å²) in [4.78, 5) is 12.0. The van der Waals surface area contributed by atoms with Crippen molar-refractivity contribution in [3.8, 4) is 0 Å². The molecule has 0 amide bonds. The zero-order valence-electron chi connectivity index (χ0n) is 11.4. The number of hydrogen-bond donors (Lipinski definition) is 0. The molecule has 0 radical (unpaired) electrons. The molecular formula is C17H26O. The van der Waals surface area contributed by atoms with E-state index < -0.39 is 0 Å². The highest BCUT2D eigenvalue weighted by Crippen LogP contribution is 2.57. The molecule has 18 heavy (non-hydrogen) atoms. The van der Waals surface area contributed by atoms with E-state index in [1.165, 1.54) is 57.8 Å². The minimum Gasteiger partial charge on any atom is -0.299 e. The first-order chi connectivity index (χ1) is 8.84. The van der Waals surface area contributed by atoms with Crippen LogP contribution >= 0.6 is 0 Å². The number of rotatable bonds is 0. The van der Waals surface area contributed by atoms with Crippen LogP contribution in [0.25, 0.3) is 0 Å². The Hall–Kier alpha value is -0.330. The summed E-state index contributed by atoms with van der Waals surface area (Å²) in [6.07, 6.45) is 13.7. The highest BCUT2D eigenvalue weighted by molar-refractivity contribution is 5.83. The van der Waals surface area contributed by atoms with Crippen molar-refractivity contribution < 1.29 is 4.79 Å². The van der Waals surface area contributed by atoms with Crippen molar-refractivity contribution in [3.05, 3.63) is 0 Å². The van der Waals surface area contributed by atoms with Gasteiger partial charge in [-0.05, 0) is 68.1 Å². The van der Waals surface area contributed by atoms with Crippen molar-refractivity contribution in [3.63, 3.8) is 0 Å². The maximum absolute atomic E-state index is 12.0. The lowest BCUT2D eigenvalue weighted by atomic mass is 9.54. The Morgan fingerprint density at radius 3 is 2.39 bits per heavy atom. The van der Waals surface area contributed by atoms with E-state index in [-0.39, 0.29) is 0 Å². The van der Waals surface area contributed by atoms with Gasteiger partial charge in [0.05, 0.1) is 0 Å². The number of Topliss-reactive ketones (excluding diaryl/α,β-unsaturated/α-hetero) is 1. The molecule has 0 aromatic heterocycles. The Morgan fingerprint density at radius 1 is 0.667 bits per heavy atom. The molecule has 0 aromatic carbocycles. The lowest BCUT2D eigenvalue weighted by molar-refractivity contribution is -0.124. The minimum absolute atomic E-state index is 0.492. The molecule has 0 N–H and O–H groups in total. The number of ketones is 1. The van der Waals surface area contributed by atoms with Gasteiger partial charge in [-0.1, -0.05) is 19.3 Å². The molecule has 6 atom stereocenters. The Labute approximate surface area is 111 Å². The molecule has 0 aromatic rings. The highest BCUT2D eigenvalue weighted by atomic mass is 16.1. The van der Waals surface area contributed by atoms with Gasteiger partial charge in [0.2, 0.25) is 0 Å². The molecule has 4 aliphatic rings. The summed E-state index contributed by atoms with van der Waals surface area (Å²) in [5, 5.41) is 0. The van der Waals surface area contributed by atoms with Gasteiger partial charge in [-0.2, -0.15) is 0 Å². The van der Waals surface area contributed by atoms with Crippen molar-refractivity contribution in [2.45, 2.75) is 64.2 Å². The van der Waals surface area contributed by atoms with E-state index in [0.29, 0.717) is 11.7 Å². The van der Waals surface area contributed by atoms with Crippen LogP contribution in [0.1, 0.15) is 64.2 Å². The van der Waals surface area contributed by atoms with E-state index in [0.717, 1.165) is 36.0 Å². The van der Waals surface area contributed by atoms with Gasteiger partial charge in [-0.3, -0.25) is 4.79 Å². The fourth-order valence-corrected chi connectivity index (χ4v) is 6.25. The molecule has 0 heterocycles. The van der Waals surface area contributed by atoms with Gasteiger partial charge in [0.15, 0.2) is 0 Å². The molecule has 0 saturated heterocycles. The molecule has 0 bridgehead atoms. The fraction of sp³-hybridized carbons (Fsp3) is 0.941. The first-order valence-electron chi connectivity index (χ1n) is 8.37. The summed E-state index contributed by atoms with van der Waals surface area (Å²) in [5.41, 5.74) is 0. The zero-order valence-corrected chi connectivity index (χ0v) is 11.4. The van der Waals surface area contributed by atoms with Gasteiger partial charge in [-0.25, -0.2) is 0 Å². The van der Waals surface area contributed by atoms with Gasteiger partial charge in [0.1, 0.15) is 5.78 Å². The largest absolute Gasteiger partial charge is 0.299 e. The van der Waals surface area contributed by atoms with Gasteiger partial charge in [0, 0.05) is 12.3 Å². The molecule has 0 spiro atoms. The Balaban J connectivity index is 1.57. The lowest BCUT2D eigenvalue weighted by Crippen LogP contribution is -2.44. The molecule has 100 valence electrons. The fourth-order valence-electron chi connectivity index (χ4n) is 6.25. The summed E-state index contributed by atoms with van der Waals surface area (Å²) in [6.45, 7) is 0. The van der Waals surface area contributed by atoms with E-state index >= 15 is 0 Å². The average molecular weight is 246 g/mol. The first-order valence-corrected chi connectivity index (χ1v) is 8.37. The van der Waals surface area contributed by atoms with Crippen molar-refractivity contribution in [2.75, 3.05) is 0 Å². The van der Waals surface area contributed by atoms with Crippen LogP contribution in [0.15, 0.2) is 0 Å². The lowest BCUT2D eigenvalue weighted by Gasteiger charge is -2.51. The summed E-state index contributed by atoms with van der Waals surface area (Å²) in [6, 6.07) is 0. The summed E-state index contributed by atoms with van der Waals surface area (Å²) in [7, 11) is 0. The van der Waals surface area contributed by atoms with Crippen LogP contribution in [-0.4, -0.2) is 5.78 Å². The second kappa shape index (κ2) is 4.35. The molecule has 1 unspecified atom stereocenters. The Bertz CT molecular complexity index is 348. The van der Waals surface area contributed by atoms with Crippen molar-refractivity contribution in [1.82, 2.24) is 0 Å². The van der Waals surface area contributed by atoms with Gasteiger partial charge in [0.25, 0.3) is 0 Å². The third-order valence-electron chi connectivity index (χ3n) is 6.95. The topological polar surface area (TPSA) is 17.1 Å². The van der Waals surface area contributed by atoms with Crippen LogP contribution in [0.5, 0.6) is 0 Å². The molecule has 4 aliphatic carbocycles. The average Bonchev–Trinajstić information content (AvgIpc) is 2.80. The van der Waals surface area contributed by atoms with Crippen LogP contribution in [0.3, 0.4) is 0 Å². The van der Waals surface area contributed by atoms with Gasteiger partial charge < -0.3 is 0 Å². The smallest absolute Gasteiger partial charge is 0.136 e. The van der Waals surface area contributed by atoms with E-state index in [9.17, 15) is 4.79 Å². The first kappa shape index (κ1) is 11.5. The van der Waals surface area contributed by atoms with Crippen LogP contribution in [0.2, 0.25) is 0 Å². The van der Waals surface area contributed by atoms with Gasteiger partial charge in [-0.15, -0.1) is 0 Å². The highest BCUT2D eigenvalue weighted by Gasteiger charge is 2.50. The summed E-state index contributed by atoms with van der Waals surface area (Å²) < 4.78 is 0. The Morgan fingerprint density at radius 2 is 1.44 bits per heavy atom. The predicted octanol–water partition coefficient (Wildman–Crippen LogP) is 4.21. The standard InChI is InChI=1S/C17H26O/c18-17-10-9-15-14-6-5-11-3-1-2-4-12(11)13(14)7-8-16(15)17/h11-16H,1-10H2/t11?,12-,13+,14+,15-,16-/m0/s1. The van der Waals surface area contributed by atoms with Crippen LogP contribution in [0, 0.1) is 35.5 Å². The monoisotopic (exact) mass is 246 g/mol. The normalized spacial score (nSPS) is 51.4. The maximum Gasteiger partial charge on any atom is 0.136 e. The number of fused-ring (bicyclic) bond motifs is 5. The van der Waals surface area contributed by atoms with Crippen LogP contribution in [0.4, 0.5) is 0 Å². The number of carbonyl (C=O) groups excluding carboxylic acids is 1. The molecule has 1 nitrogen and oxygen atoms in total. The third-order valence-corrected chi connectivity index (χ3v) is 6.95. The van der Waals surface area contributed by atoms with E-state index in [4.69, 9.17) is 0 Å². The molecule has 4 rings (SSSR count). The summed E-state index contributed by atoms with van der Waals surface area (Å²) >= 11 is 0. The van der Waals surface area contributed by atoms with Crippen molar-refractivity contribution in [2.24, 2.45) is 35.5 Å². The van der Waals surface area contributed by atoms with Crippen LogP contribution < -0.4 is 0 Å². The minimum atomic E-state index is 0.492. The van der Waals surface area contributed by atoms with Gasteiger partial charge >= 0.3 is 0 Å². The van der Waals surface area contributed by atoms with Crippen molar-refractivity contribution >= 4 is 5.78 Å². The van der Waals surface area contributed by atoms with Crippen molar-refractivity contribution in [1.29, 1.82) is 0 Å². The molecular weight excluding hydrogens is 220 g/mol. The SMILES string of the molecule is O=C1CC[C@H]2[C@@H]3CCC4CCCC[C@@H]4[C@H]3CC[C@H]12. The van der Waals surface area contributed by atoms with Crippen LogP contribution in [-0.2, 0) is 4.79 Å². The maximum atomic E-state index is 12.0. The molecule has 0 aliphatic heterocycles. The second-order valence-corrected chi connectivity index (χ2v) is 7.47. The van der Waals surface area contributed by atoms with E-state index in [1.807, 2.05) is 0 Å². The van der Waals surface area contributed by atoms with E-state index in [2.05, 4.69) is 0 Å². The Kier molecular flexibility index (Phi) is 2.78. The molecule has 4 fully saturated rings. The molecule has 1 heteroatoms. The number of hydrogen-bond acceptors (Lipinski definition) is 1.